The summed E-state index contributed by atoms with van der Waals surface area (Å²) in [5, 5.41) is 29.0. The van der Waals surface area contributed by atoms with Crippen LogP contribution in [-0.2, 0) is 0 Å². The normalized spacial score (nSPS) is 10.4. The van der Waals surface area contributed by atoms with Crippen LogP contribution in [0.5, 0.6) is 17.2 Å². The number of para-hydroxylation sites is 1. The smallest absolute Gasteiger partial charge is 0.358 e. The van der Waals surface area contributed by atoms with Gasteiger partial charge in [-0.15, -0.1) is 0 Å². The summed E-state index contributed by atoms with van der Waals surface area (Å²) in [7, 11) is 0. The summed E-state index contributed by atoms with van der Waals surface area (Å²) >= 11 is 0. The van der Waals surface area contributed by atoms with Crippen molar-refractivity contribution in [1.29, 1.82) is 5.26 Å². The van der Waals surface area contributed by atoms with Gasteiger partial charge < -0.3 is 14.9 Å². The van der Waals surface area contributed by atoms with E-state index in [1.54, 1.807) is 12.1 Å². The van der Waals surface area contributed by atoms with Gasteiger partial charge in [-0.3, -0.25) is 0 Å². The number of aromatic carboxylic acids is 1. The molecule has 2 N–H and O–H groups in total. The first-order valence-electron chi connectivity index (χ1n) is 7.46. The maximum atomic E-state index is 11.2. The van der Waals surface area contributed by atoms with E-state index in [1.165, 1.54) is 6.07 Å². The van der Waals surface area contributed by atoms with Gasteiger partial charge in [0.15, 0.2) is 11.4 Å². The lowest BCUT2D eigenvalue weighted by Gasteiger charge is -2.13. The Balaban J connectivity index is 2.16. The number of fused-ring (bicyclic) bond motifs is 1. The summed E-state index contributed by atoms with van der Waals surface area (Å²) in [6.07, 6.45) is 0. The van der Waals surface area contributed by atoms with Gasteiger partial charge in [-0.05, 0) is 43.2 Å². The lowest BCUT2D eigenvalue weighted by Crippen LogP contribution is -2.03. The number of aryl methyl sites for hydroxylation is 2. The molecule has 0 atom stereocenters. The molecule has 0 radical (unpaired) electrons. The fourth-order valence-corrected chi connectivity index (χ4v) is 2.65. The molecule has 124 valence electrons. The van der Waals surface area contributed by atoms with Gasteiger partial charge >= 0.3 is 5.97 Å². The third kappa shape index (κ3) is 2.83. The Hall–Kier alpha value is -3.59. The van der Waals surface area contributed by atoms with Crippen molar-refractivity contribution in [2.45, 2.75) is 13.8 Å². The number of nitrogens with zero attached hydrogens (tertiary/aromatic N) is 2. The summed E-state index contributed by atoms with van der Waals surface area (Å²) in [4.78, 5) is 14.9. The van der Waals surface area contributed by atoms with E-state index in [0.29, 0.717) is 16.9 Å². The minimum atomic E-state index is -1.40. The fourth-order valence-electron chi connectivity index (χ4n) is 2.65. The lowest BCUT2D eigenvalue weighted by molar-refractivity contribution is 0.0687. The first kappa shape index (κ1) is 16.3. The zero-order chi connectivity index (χ0) is 18.1. The van der Waals surface area contributed by atoms with Gasteiger partial charge in [0.2, 0.25) is 0 Å². The molecule has 3 rings (SSSR count). The molecule has 0 amide bonds. The monoisotopic (exact) mass is 334 g/mol. The zero-order valence-corrected chi connectivity index (χ0v) is 13.6. The number of ether oxygens (including phenoxy) is 1. The van der Waals surface area contributed by atoms with Crippen molar-refractivity contribution in [2.75, 3.05) is 0 Å². The van der Waals surface area contributed by atoms with Crippen molar-refractivity contribution in [2.24, 2.45) is 0 Å². The van der Waals surface area contributed by atoms with Gasteiger partial charge in [-0.25, -0.2) is 9.78 Å². The van der Waals surface area contributed by atoms with Gasteiger partial charge in [0.05, 0.1) is 0 Å². The molecular weight excluding hydrogens is 320 g/mol. The average molecular weight is 334 g/mol. The number of aromatic hydroxyl groups is 1. The number of carboxylic acids is 1. The van der Waals surface area contributed by atoms with E-state index < -0.39 is 17.4 Å². The van der Waals surface area contributed by atoms with Gasteiger partial charge in [0, 0.05) is 10.8 Å². The molecule has 3 aromatic rings. The van der Waals surface area contributed by atoms with Crippen molar-refractivity contribution < 1.29 is 19.7 Å². The molecule has 6 heteroatoms. The molecule has 0 fully saturated rings. The van der Waals surface area contributed by atoms with Crippen LogP contribution in [0, 0.1) is 25.2 Å². The summed E-state index contributed by atoms with van der Waals surface area (Å²) in [5.41, 5.74) is 1.29. The molecule has 0 bridgehead atoms. The highest BCUT2D eigenvalue weighted by Crippen LogP contribution is 2.35. The minimum absolute atomic E-state index is 0.0860. The summed E-state index contributed by atoms with van der Waals surface area (Å²) in [6.45, 7) is 3.85. The van der Waals surface area contributed by atoms with Gasteiger partial charge in [-0.2, -0.15) is 5.26 Å². The van der Waals surface area contributed by atoms with Crippen molar-refractivity contribution >= 4 is 16.7 Å². The maximum absolute atomic E-state index is 11.2. The number of nitriles is 1. The fraction of sp³-hybridized carbons (Fsp3) is 0.105. The number of hydrogen-bond donors (Lipinski definition) is 2. The first-order valence-corrected chi connectivity index (χ1v) is 7.46. The van der Waals surface area contributed by atoms with Crippen LogP contribution < -0.4 is 4.74 Å². The Morgan fingerprint density at radius 1 is 1.16 bits per heavy atom. The van der Waals surface area contributed by atoms with Crippen molar-refractivity contribution in [3.63, 3.8) is 0 Å². The number of hydrogen-bond acceptors (Lipinski definition) is 5. The molecule has 0 aliphatic heterocycles. The summed E-state index contributed by atoms with van der Waals surface area (Å²) in [6, 6.07) is 12.3. The van der Waals surface area contributed by atoms with Crippen LogP contribution >= 0.6 is 0 Å². The van der Waals surface area contributed by atoms with E-state index in [9.17, 15) is 15.2 Å². The second kappa shape index (κ2) is 6.13. The molecule has 0 saturated carbocycles. The molecule has 0 unspecified atom stereocenters. The van der Waals surface area contributed by atoms with Crippen LogP contribution in [0.1, 0.15) is 27.3 Å². The van der Waals surface area contributed by atoms with Crippen LogP contribution in [0.2, 0.25) is 0 Å². The number of carboxylic acid groups (broad SMARTS) is 1. The van der Waals surface area contributed by atoms with E-state index in [2.05, 4.69) is 4.98 Å². The Kier molecular flexibility index (Phi) is 3.99. The Morgan fingerprint density at radius 3 is 2.44 bits per heavy atom. The SMILES string of the molecule is Cc1cccc(C)c1Oc1ccc2c(O)c(C(=O)O)nc(C#N)c2c1. The third-order valence-corrected chi connectivity index (χ3v) is 3.89. The molecular formula is C19H14N2O4. The topological polar surface area (TPSA) is 103 Å². The number of carbonyl (C=O) groups is 1. The molecule has 6 nitrogen and oxygen atoms in total. The van der Waals surface area contributed by atoms with Crippen LogP contribution in [0.25, 0.3) is 10.8 Å². The molecule has 0 spiro atoms. The van der Waals surface area contributed by atoms with Crippen molar-refractivity contribution in [1.82, 2.24) is 4.98 Å². The number of rotatable bonds is 3. The van der Waals surface area contributed by atoms with Gasteiger partial charge in [0.1, 0.15) is 23.3 Å². The van der Waals surface area contributed by atoms with Crippen LogP contribution in [0.4, 0.5) is 0 Å². The number of pyridine rings is 1. The quantitative estimate of drug-likeness (QED) is 0.752. The highest BCUT2D eigenvalue weighted by molar-refractivity contribution is 6.00. The van der Waals surface area contributed by atoms with E-state index in [1.807, 2.05) is 38.1 Å². The third-order valence-electron chi connectivity index (χ3n) is 3.89. The number of aromatic nitrogens is 1. The maximum Gasteiger partial charge on any atom is 0.358 e. The van der Waals surface area contributed by atoms with Crippen LogP contribution in [0.3, 0.4) is 0 Å². The molecule has 0 aliphatic carbocycles. The molecule has 2 aromatic carbocycles. The highest BCUT2D eigenvalue weighted by Gasteiger charge is 2.19. The summed E-state index contributed by atoms with van der Waals surface area (Å²) < 4.78 is 5.93. The second-order valence-corrected chi connectivity index (χ2v) is 5.60. The van der Waals surface area contributed by atoms with Crippen LogP contribution in [-0.4, -0.2) is 21.2 Å². The first-order chi connectivity index (χ1) is 11.9. The Labute approximate surface area is 143 Å². The summed E-state index contributed by atoms with van der Waals surface area (Å²) in [5.74, 6) is -0.697. The van der Waals surface area contributed by atoms with Gasteiger partial charge in [0.25, 0.3) is 0 Å². The predicted molar refractivity (Wildman–Crippen MR) is 91.1 cm³/mol. The standard InChI is InChI=1S/C19H14N2O4/c1-10-4-3-5-11(2)18(10)25-12-6-7-13-14(8-12)15(9-20)21-16(17(13)22)19(23)24/h3-8,22H,1-2H3,(H,23,24). The van der Waals surface area contributed by atoms with Crippen LogP contribution in [0.15, 0.2) is 36.4 Å². The molecule has 25 heavy (non-hydrogen) atoms. The van der Waals surface area contributed by atoms with Crippen molar-refractivity contribution in [3.8, 4) is 23.3 Å². The Bertz CT molecular complexity index is 1030. The Morgan fingerprint density at radius 2 is 1.84 bits per heavy atom. The largest absolute Gasteiger partial charge is 0.505 e. The van der Waals surface area contributed by atoms with Gasteiger partial charge in [-0.1, -0.05) is 18.2 Å². The zero-order valence-electron chi connectivity index (χ0n) is 13.6. The highest BCUT2D eigenvalue weighted by atomic mass is 16.5. The minimum Gasteiger partial charge on any atom is -0.505 e. The average Bonchev–Trinajstić information content (AvgIpc) is 2.58. The van der Waals surface area contributed by atoms with E-state index in [4.69, 9.17) is 9.84 Å². The van der Waals surface area contributed by atoms with E-state index >= 15 is 0 Å². The van der Waals surface area contributed by atoms with E-state index in [0.717, 1.165) is 11.1 Å². The molecule has 0 aliphatic rings. The molecule has 0 saturated heterocycles. The van der Waals surface area contributed by atoms with Crippen molar-refractivity contribution in [3.05, 3.63) is 58.9 Å². The predicted octanol–water partition coefficient (Wildman–Crippen LogP) is 3.92. The van der Waals surface area contributed by atoms with E-state index in [-0.39, 0.29) is 11.1 Å². The molecule has 1 heterocycles. The lowest BCUT2D eigenvalue weighted by atomic mass is 10.1. The molecule has 1 aromatic heterocycles. The number of benzene rings is 2. The second-order valence-electron chi connectivity index (χ2n) is 5.60.